The van der Waals surface area contributed by atoms with Crippen molar-refractivity contribution in [3.05, 3.63) is 0 Å². The number of carbonyl (C=O) groups excluding carboxylic acids is 1. The van der Waals surface area contributed by atoms with Crippen molar-refractivity contribution in [1.82, 2.24) is 10.6 Å². The summed E-state index contributed by atoms with van der Waals surface area (Å²) >= 11 is 1.99. The normalized spacial score (nSPS) is 22.1. The Labute approximate surface area is 90.4 Å². The van der Waals surface area contributed by atoms with E-state index in [-0.39, 0.29) is 5.91 Å². The van der Waals surface area contributed by atoms with Crippen molar-refractivity contribution in [2.75, 3.05) is 24.6 Å². The Hall–Kier alpha value is -0.220. The summed E-state index contributed by atoms with van der Waals surface area (Å²) in [5, 5.41) is 6.35. The molecule has 1 amide bonds. The molecule has 0 radical (unpaired) electrons. The second-order valence-corrected chi connectivity index (χ2v) is 4.94. The number of amides is 1. The smallest absolute Gasteiger partial charge is 0.220 e. The molecule has 0 saturated carbocycles. The molecule has 1 aliphatic heterocycles. The molecule has 1 saturated heterocycles. The van der Waals surface area contributed by atoms with Crippen LogP contribution in [0.15, 0.2) is 0 Å². The first kappa shape index (κ1) is 11.9. The van der Waals surface area contributed by atoms with Crippen LogP contribution in [0, 0.1) is 0 Å². The largest absolute Gasteiger partial charge is 0.355 e. The zero-order valence-electron chi connectivity index (χ0n) is 8.84. The molecule has 4 heteroatoms. The molecule has 14 heavy (non-hydrogen) atoms. The van der Waals surface area contributed by atoms with Crippen LogP contribution in [0.3, 0.4) is 0 Å². The number of rotatable bonds is 6. The third-order valence-electron chi connectivity index (χ3n) is 2.37. The monoisotopic (exact) mass is 216 g/mol. The van der Waals surface area contributed by atoms with Gasteiger partial charge in [-0.25, -0.2) is 0 Å². The maximum absolute atomic E-state index is 10.9. The highest BCUT2D eigenvalue weighted by atomic mass is 32.2. The molecule has 0 aromatic heterocycles. The summed E-state index contributed by atoms with van der Waals surface area (Å²) in [4.78, 5) is 10.9. The zero-order valence-corrected chi connectivity index (χ0v) is 9.66. The molecule has 1 heterocycles. The molecule has 1 rings (SSSR count). The lowest BCUT2D eigenvalue weighted by Crippen LogP contribution is -2.45. The predicted octanol–water partition coefficient (Wildman–Crippen LogP) is 0.998. The Kier molecular flexibility index (Phi) is 6.03. The summed E-state index contributed by atoms with van der Waals surface area (Å²) in [6, 6.07) is 0.499. The van der Waals surface area contributed by atoms with Crippen molar-refractivity contribution in [3.8, 4) is 0 Å². The molecule has 3 nitrogen and oxygen atoms in total. The summed E-state index contributed by atoms with van der Waals surface area (Å²) in [5.41, 5.74) is 0. The number of nitrogens with one attached hydrogen (secondary N) is 2. The van der Waals surface area contributed by atoms with Crippen molar-refractivity contribution in [2.45, 2.75) is 32.2 Å². The minimum atomic E-state index is 0.199. The summed E-state index contributed by atoms with van der Waals surface area (Å²) in [7, 11) is 0. The van der Waals surface area contributed by atoms with Gasteiger partial charge < -0.3 is 10.6 Å². The fourth-order valence-corrected chi connectivity index (χ4v) is 2.17. The standard InChI is InChI=1S/C10H20N2OS/c1-2-14-7-3-6-11-9-4-5-10(13)12-8-9/h9,11H,2-8H2,1H3,(H,12,13). The Bertz CT molecular complexity index is 166. The van der Waals surface area contributed by atoms with Gasteiger partial charge in [0.1, 0.15) is 0 Å². The van der Waals surface area contributed by atoms with Gasteiger partial charge in [-0.1, -0.05) is 6.92 Å². The molecular weight excluding hydrogens is 196 g/mol. The fraction of sp³-hybridized carbons (Fsp3) is 0.900. The Morgan fingerprint density at radius 2 is 2.50 bits per heavy atom. The predicted molar refractivity (Wildman–Crippen MR) is 61.7 cm³/mol. The van der Waals surface area contributed by atoms with E-state index in [1.54, 1.807) is 0 Å². The van der Waals surface area contributed by atoms with E-state index in [0.717, 1.165) is 19.5 Å². The molecule has 2 N–H and O–H groups in total. The van der Waals surface area contributed by atoms with E-state index >= 15 is 0 Å². The number of hydrogen-bond donors (Lipinski definition) is 2. The number of thioether (sulfide) groups is 1. The number of piperidine rings is 1. The highest BCUT2D eigenvalue weighted by Crippen LogP contribution is 2.03. The van der Waals surface area contributed by atoms with E-state index in [2.05, 4.69) is 17.6 Å². The van der Waals surface area contributed by atoms with Gasteiger partial charge in [-0.15, -0.1) is 0 Å². The lowest BCUT2D eigenvalue weighted by atomic mass is 10.1. The van der Waals surface area contributed by atoms with E-state index < -0.39 is 0 Å². The van der Waals surface area contributed by atoms with Gasteiger partial charge in [0.15, 0.2) is 0 Å². The minimum Gasteiger partial charge on any atom is -0.355 e. The van der Waals surface area contributed by atoms with Gasteiger partial charge in [0.2, 0.25) is 5.91 Å². The van der Waals surface area contributed by atoms with Crippen molar-refractivity contribution in [1.29, 1.82) is 0 Å². The molecule has 1 fully saturated rings. The molecule has 0 spiro atoms. The Morgan fingerprint density at radius 1 is 1.64 bits per heavy atom. The molecule has 0 aromatic carbocycles. The average Bonchev–Trinajstić information content (AvgIpc) is 2.21. The van der Waals surface area contributed by atoms with Crippen molar-refractivity contribution in [2.24, 2.45) is 0 Å². The van der Waals surface area contributed by atoms with Crippen LogP contribution in [-0.4, -0.2) is 36.5 Å². The van der Waals surface area contributed by atoms with Gasteiger partial charge >= 0.3 is 0 Å². The molecule has 0 aliphatic carbocycles. The van der Waals surface area contributed by atoms with Gasteiger partial charge in [-0.2, -0.15) is 11.8 Å². The quantitative estimate of drug-likeness (QED) is 0.651. The van der Waals surface area contributed by atoms with E-state index in [1.807, 2.05) is 11.8 Å². The Balaban J connectivity index is 1.94. The van der Waals surface area contributed by atoms with Crippen LogP contribution in [0.4, 0.5) is 0 Å². The summed E-state index contributed by atoms with van der Waals surface area (Å²) in [5.74, 6) is 2.65. The first-order chi connectivity index (χ1) is 6.83. The second-order valence-electron chi connectivity index (χ2n) is 3.54. The van der Waals surface area contributed by atoms with E-state index in [0.29, 0.717) is 12.5 Å². The maximum Gasteiger partial charge on any atom is 0.220 e. The SMILES string of the molecule is CCSCCCNC1CCC(=O)NC1. The van der Waals surface area contributed by atoms with Crippen molar-refractivity contribution >= 4 is 17.7 Å². The van der Waals surface area contributed by atoms with Gasteiger partial charge in [0, 0.05) is 19.0 Å². The van der Waals surface area contributed by atoms with Crippen LogP contribution >= 0.6 is 11.8 Å². The molecular formula is C10H20N2OS. The highest BCUT2D eigenvalue weighted by molar-refractivity contribution is 7.99. The first-order valence-corrected chi connectivity index (χ1v) is 6.56. The van der Waals surface area contributed by atoms with Crippen LogP contribution < -0.4 is 10.6 Å². The fourth-order valence-electron chi connectivity index (χ4n) is 1.53. The molecule has 82 valence electrons. The topological polar surface area (TPSA) is 41.1 Å². The second kappa shape index (κ2) is 7.12. The zero-order chi connectivity index (χ0) is 10.2. The van der Waals surface area contributed by atoms with Gasteiger partial charge in [0.05, 0.1) is 0 Å². The number of hydrogen-bond acceptors (Lipinski definition) is 3. The maximum atomic E-state index is 10.9. The van der Waals surface area contributed by atoms with Gasteiger partial charge in [-0.3, -0.25) is 4.79 Å². The first-order valence-electron chi connectivity index (χ1n) is 5.40. The summed E-state index contributed by atoms with van der Waals surface area (Å²) in [6.07, 6.45) is 2.90. The van der Waals surface area contributed by atoms with E-state index in [1.165, 1.54) is 17.9 Å². The minimum absolute atomic E-state index is 0.199. The van der Waals surface area contributed by atoms with Crippen LogP contribution in [0.25, 0.3) is 0 Å². The molecule has 1 unspecified atom stereocenters. The third kappa shape index (κ3) is 4.86. The molecule has 1 aliphatic rings. The van der Waals surface area contributed by atoms with Crippen molar-refractivity contribution < 1.29 is 4.79 Å². The molecule has 0 aromatic rings. The van der Waals surface area contributed by atoms with Gasteiger partial charge in [-0.05, 0) is 30.9 Å². The molecule has 0 bridgehead atoms. The lowest BCUT2D eigenvalue weighted by Gasteiger charge is -2.23. The third-order valence-corrected chi connectivity index (χ3v) is 3.35. The average molecular weight is 216 g/mol. The van der Waals surface area contributed by atoms with Crippen LogP contribution in [0.2, 0.25) is 0 Å². The Morgan fingerprint density at radius 3 is 3.14 bits per heavy atom. The van der Waals surface area contributed by atoms with Crippen molar-refractivity contribution in [3.63, 3.8) is 0 Å². The van der Waals surface area contributed by atoms with E-state index in [9.17, 15) is 4.79 Å². The highest BCUT2D eigenvalue weighted by Gasteiger charge is 2.16. The van der Waals surface area contributed by atoms with Gasteiger partial charge in [0.25, 0.3) is 0 Å². The van der Waals surface area contributed by atoms with Crippen LogP contribution in [0.5, 0.6) is 0 Å². The summed E-state index contributed by atoms with van der Waals surface area (Å²) < 4.78 is 0. The number of carbonyl (C=O) groups is 1. The van der Waals surface area contributed by atoms with Crippen LogP contribution in [0.1, 0.15) is 26.2 Å². The van der Waals surface area contributed by atoms with Crippen LogP contribution in [-0.2, 0) is 4.79 Å². The summed E-state index contributed by atoms with van der Waals surface area (Å²) in [6.45, 7) is 4.07. The van der Waals surface area contributed by atoms with E-state index in [4.69, 9.17) is 0 Å². The lowest BCUT2D eigenvalue weighted by molar-refractivity contribution is -0.122. The molecule has 1 atom stereocenters.